The smallest absolute Gasteiger partial charge is 0.251 e. The van der Waals surface area contributed by atoms with E-state index in [2.05, 4.69) is 10.0 Å². The van der Waals surface area contributed by atoms with Gasteiger partial charge in [-0.25, -0.2) is 13.1 Å². The summed E-state index contributed by atoms with van der Waals surface area (Å²) in [4.78, 5) is 11.8. The Hall–Kier alpha value is -1.80. The average molecular weight is 287 g/mol. The lowest BCUT2D eigenvalue weighted by Crippen LogP contribution is -2.33. The predicted molar refractivity (Wildman–Crippen MR) is 72.6 cm³/mol. The fourth-order valence-electron chi connectivity index (χ4n) is 1.37. The summed E-state index contributed by atoms with van der Waals surface area (Å²) in [7, 11) is -0.545. The normalized spacial score (nSPS) is 11.1. The number of benzene rings is 1. The predicted octanol–water partition coefficient (Wildman–Crippen LogP) is -0.444. The quantitative estimate of drug-likeness (QED) is 0.614. The highest BCUT2D eigenvalue weighted by Crippen LogP contribution is 2.18. The molecule has 8 heteroatoms. The molecular weight excluding hydrogens is 270 g/mol. The molecule has 0 bridgehead atoms. The van der Waals surface area contributed by atoms with Crippen LogP contribution in [0.4, 0.5) is 5.69 Å². The van der Waals surface area contributed by atoms with Crippen LogP contribution in [0.1, 0.15) is 10.4 Å². The van der Waals surface area contributed by atoms with Crippen LogP contribution in [0, 0.1) is 0 Å². The van der Waals surface area contributed by atoms with E-state index in [1.807, 2.05) is 0 Å². The number of nitrogens with two attached hydrogens (primary N) is 1. The van der Waals surface area contributed by atoms with Crippen molar-refractivity contribution in [3.8, 4) is 5.75 Å². The molecule has 19 heavy (non-hydrogen) atoms. The number of rotatable bonds is 6. The maximum Gasteiger partial charge on any atom is 0.251 e. The molecule has 1 aromatic rings. The van der Waals surface area contributed by atoms with Gasteiger partial charge < -0.3 is 15.8 Å². The van der Waals surface area contributed by atoms with Crippen LogP contribution in [0.2, 0.25) is 0 Å². The number of carbonyl (C=O) groups excluding carboxylic acids is 1. The molecule has 0 aromatic heterocycles. The van der Waals surface area contributed by atoms with Gasteiger partial charge in [0.2, 0.25) is 10.0 Å². The van der Waals surface area contributed by atoms with E-state index in [0.29, 0.717) is 17.0 Å². The van der Waals surface area contributed by atoms with E-state index < -0.39 is 15.9 Å². The molecule has 0 aliphatic carbocycles. The maximum atomic E-state index is 11.8. The lowest BCUT2D eigenvalue weighted by molar-refractivity contribution is 0.0956. The number of nitrogen functional groups attached to an aromatic ring is 1. The molecule has 0 unspecified atom stereocenters. The Kier molecular flexibility index (Phi) is 5.13. The molecule has 106 valence electrons. The Balaban J connectivity index is 2.66. The Morgan fingerprint density at radius 2 is 2.05 bits per heavy atom. The minimum atomic E-state index is -3.33. The van der Waals surface area contributed by atoms with Crippen molar-refractivity contribution in [3.63, 3.8) is 0 Å². The van der Waals surface area contributed by atoms with Crippen LogP contribution in [0.15, 0.2) is 18.2 Å². The molecule has 7 nitrogen and oxygen atoms in total. The SMILES string of the molecule is CNS(=O)(=O)CCNC(=O)c1cc(N)cc(OC)c1. The second-order valence-electron chi connectivity index (χ2n) is 3.77. The Morgan fingerprint density at radius 1 is 1.37 bits per heavy atom. The first kappa shape index (κ1) is 15.3. The number of amides is 1. The van der Waals surface area contributed by atoms with Gasteiger partial charge in [0.05, 0.1) is 12.9 Å². The maximum absolute atomic E-state index is 11.8. The zero-order chi connectivity index (χ0) is 14.5. The molecule has 0 fully saturated rings. The van der Waals surface area contributed by atoms with Gasteiger partial charge in [-0.1, -0.05) is 0 Å². The fraction of sp³-hybridized carbons (Fsp3) is 0.364. The molecule has 0 saturated heterocycles. The van der Waals surface area contributed by atoms with E-state index in [0.717, 1.165) is 0 Å². The van der Waals surface area contributed by atoms with E-state index in [1.54, 1.807) is 6.07 Å². The molecule has 0 aliphatic rings. The Bertz CT molecular complexity index is 557. The van der Waals surface area contributed by atoms with E-state index in [1.165, 1.54) is 26.3 Å². The number of hydrogen-bond acceptors (Lipinski definition) is 5. The summed E-state index contributed by atoms with van der Waals surface area (Å²) >= 11 is 0. The van der Waals surface area contributed by atoms with Crippen LogP contribution in [0.3, 0.4) is 0 Å². The molecule has 0 spiro atoms. The lowest BCUT2D eigenvalue weighted by atomic mass is 10.2. The van der Waals surface area contributed by atoms with E-state index >= 15 is 0 Å². The van der Waals surface area contributed by atoms with Gasteiger partial charge in [-0.2, -0.15) is 0 Å². The van der Waals surface area contributed by atoms with Crippen LogP contribution in [0.5, 0.6) is 5.75 Å². The number of methoxy groups -OCH3 is 1. The van der Waals surface area contributed by atoms with E-state index in [4.69, 9.17) is 10.5 Å². The largest absolute Gasteiger partial charge is 0.497 e. The second-order valence-corrected chi connectivity index (χ2v) is 5.82. The van der Waals surface area contributed by atoms with Crippen molar-refractivity contribution in [1.82, 2.24) is 10.0 Å². The van der Waals surface area contributed by atoms with Crippen molar-refractivity contribution < 1.29 is 17.9 Å². The summed E-state index contributed by atoms with van der Waals surface area (Å²) in [5.74, 6) is -0.126. The highest BCUT2D eigenvalue weighted by Gasteiger charge is 2.11. The highest BCUT2D eigenvalue weighted by molar-refractivity contribution is 7.89. The van der Waals surface area contributed by atoms with Gasteiger partial charge in [0.1, 0.15) is 5.75 Å². The topological polar surface area (TPSA) is 111 Å². The van der Waals surface area contributed by atoms with Crippen LogP contribution in [-0.4, -0.2) is 40.8 Å². The van der Waals surface area contributed by atoms with Gasteiger partial charge in [0, 0.05) is 23.9 Å². The lowest BCUT2D eigenvalue weighted by Gasteiger charge is -2.08. The van der Waals surface area contributed by atoms with Gasteiger partial charge in [-0.15, -0.1) is 0 Å². The number of anilines is 1. The van der Waals surface area contributed by atoms with Crippen molar-refractivity contribution in [3.05, 3.63) is 23.8 Å². The summed E-state index contributed by atoms with van der Waals surface area (Å²) in [5.41, 5.74) is 6.34. The van der Waals surface area contributed by atoms with Gasteiger partial charge in [0.25, 0.3) is 5.91 Å². The van der Waals surface area contributed by atoms with Crippen molar-refractivity contribution in [2.24, 2.45) is 0 Å². The third kappa shape index (κ3) is 4.76. The number of ether oxygens (including phenoxy) is 1. The summed E-state index contributed by atoms with van der Waals surface area (Å²) in [6, 6.07) is 4.60. The van der Waals surface area contributed by atoms with Gasteiger partial charge in [-0.3, -0.25) is 4.79 Å². The van der Waals surface area contributed by atoms with Crippen molar-refractivity contribution in [1.29, 1.82) is 0 Å². The minimum absolute atomic E-state index is 0.0130. The zero-order valence-corrected chi connectivity index (χ0v) is 11.6. The highest BCUT2D eigenvalue weighted by atomic mass is 32.2. The van der Waals surface area contributed by atoms with Crippen LogP contribution >= 0.6 is 0 Å². The van der Waals surface area contributed by atoms with Crippen molar-refractivity contribution >= 4 is 21.6 Å². The molecule has 0 heterocycles. The van der Waals surface area contributed by atoms with Gasteiger partial charge >= 0.3 is 0 Å². The molecule has 0 atom stereocenters. The first-order chi connectivity index (χ1) is 8.88. The molecule has 0 radical (unpaired) electrons. The van der Waals surface area contributed by atoms with Crippen LogP contribution in [0.25, 0.3) is 0 Å². The molecule has 1 aromatic carbocycles. The van der Waals surface area contributed by atoms with E-state index in [-0.39, 0.29) is 12.3 Å². The van der Waals surface area contributed by atoms with Gasteiger partial charge in [-0.05, 0) is 19.2 Å². The molecule has 1 rings (SSSR count). The summed E-state index contributed by atoms with van der Waals surface area (Å²) in [5, 5.41) is 2.50. The first-order valence-corrected chi connectivity index (χ1v) is 7.17. The molecule has 0 saturated carbocycles. The summed E-state index contributed by atoms with van der Waals surface area (Å²) < 4.78 is 29.5. The number of sulfonamides is 1. The van der Waals surface area contributed by atoms with Crippen LogP contribution in [-0.2, 0) is 10.0 Å². The van der Waals surface area contributed by atoms with E-state index in [9.17, 15) is 13.2 Å². The summed E-state index contributed by atoms with van der Waals surface area (Å²) in [6.07, 6.45) is 0. The number of carbonyl (C=O) groups is 1. The molecule has 4 N–H and O–H groups in total. The van der Waals surface area contributed by atoms with Crippen LogP contribution < -0.4 is 20.5 Å². The molecular formula is C11H17N3O4S. The zero-order valence-electron chi connectivity index (χ0n) is 10.8. The minimum Gasteiger partial charge on any atom is -0.497 e. The first-order valence-electron chi connectivity index (χ1n) is 5.52. The molecule has 1 amide bonds. The van der Waals surface area contributed by atoms with Gasteiger partial charge in [0.15, 0.2) is 0 Å². The summed E-state index contributed by atoms with van der Waals surface area (Å²) in [6.45, 7) is 0.0130. The van der Waals surface area contributed by atoms with Crippen molar-refractivity contribution in [2.45, 2.75) is 0 Å². The third-order valence-corrected chi connectivity index (χ3v) is 3.76. The van der Waals surface area contributed by atoms with Crippen molar-refractivity contribution in [2.75, 3.05) is 32.2 Å². The Labute approximate surface area is 112 Å². The molecule has 0 aliphatic heterocycles. The number of nitrogens with one attached hydrogen (secondary N) is 2. The second kappa shape index (κ2) is 6.39. The third-order valence-electron chi connectivity index (χ3n) is 2.39. The standard InChI is InChI=1S/C11H17N3O4S/c1-13-19(16,17)4-3-14-11(15)8-5-9(12)7-10(6-8)18-2/h5-7,13H,3-4,12H2,1-2H3,(H,14,15). The fourth-order valence-corrected chi connectivity index (χ4v) is 1.95. The average Bonchev–Trinajstić information content (AvgIpc) is 2.37. The monoisotopic (exact) mass is 287 g/mol. The number of hydrogen-bond donors (Lipinski definition) is 3. The Morgan fingerprint density at radius 3 is 2.63 bits per heavy atom.